The Kier molecular flexibility index (Phi) is 4.82. The van der Waals surface area contributed by atoms with Crippen molar-refractivity contribution in [3.8, 4) is 0 Å². The maximum absolute atomic E-state index is 5.67. The normalized spacial score (nSPS) is 26.2. The fraction of sp³-hybridized carbons (Fsp3) is 0.588. The third-order valence-corrected chi connectivity index (χ3v) is 5.31. The highest BCUT2D eigenvalue weighted by Crippen LogP contribution is 2.33. The van der Waals surface area contributed by atoms with E-state index in [2.05, 4.69) is 33.6 Å². The molecular weight excluding hydrogens is 343 g/mol. The first-order valence-electron chi connectivity index (χ1n) is 9.48. The molecule has 1 saturated heterocycles. The Hall–Kier alpha value is -2.49. The predicted molar refractivity (Wildman–Crippen MR) is 108 cm³/mol. The van der Waals surface area contributed by atoms with Gasteiger partial charge in [-0.05, 0) is 13.3 Å². The van der Waals surface area contributed by atoms with Gasteiger partial charge in [0.1, 0.15) is 17.9 Å². The molecule has 3 aliphatic rings. The van der Waals surface area contributed by atoms with Crippen LogP contribution in [0.5, 0.6) is 0 Å². The van der Waals surface area contributed by atoms with E-state index in [1.54, 1.807) is 12.4 Å². The fourth-order valence-electron chi connectivity index (χ4n) is 3.69. The Bertz CT molecular complexity index is 787. The molecule has 142 valence electrons. The van der Waals surface area contributed by atoms with Crippen LogP contribution in [0, 0.1) is 0 Å². The van der Waals surface area contributed by atoms with Crippen LogP contribution in [0.3, 0.4) is 0 Å². The maximum atomic E-state index is 5.67. The van der Waals surface area contributed by atoms with Crippen molar-refractivity contribution in [3.63, 3.8) is 0 Å². The van der Waals surface area contributed by atoms with Crippen LogP contribution in [0.25, 0.3) is 0 Å². The monoisotopic (exact) mass is 368 g/mol. The highest BCUT2D eigenvalue weighted by molar-refractivity contribution is 6.61. The Morgan fingerprint density at radius 3 is 2.59 bits per heavy atom. The van der Waals surface area contributed by atoms with E-state index in [1.165, 1.54) is 0 Å². The average Bonchev–Trinajstić information content (AvgIpc) is 3.04. The summed E-state index contributed by atoms with van der Waals surface area (Å²) in [6.45, 7) is 7.33. The number of rotatable bonds is 3. The molecule has 0 aromatic carbocycles. The number of hydrogen-bond donors (Lipinski definition) is 1. The number of aliphatic imine (C=N–C) groups is 3. The second kappa shape index (κ2) is 7.26. The zero-order chi connectivity index (χ0) is 19.0. The number of aromatic nitrogens is 2. The molecule has 0 bridgehead atoms. The van der Waals surface area contributed by atoms with Crippen molar-refractivity contribution in [1.82, 2.24) is 19.8 Å². The van der Waals surface area contributed by atoms with E-state index in [9.17, 15) is 0 Å². The summed E-state index contributed by atoms with van der Waals surface area (Å²) in [5.41, 5.74) is 7.55. The van der Waals surface area contributed by atoms with Gasteiger partial charge in [-0.25, -0.2) is 15.0 Å². The number of nitrogens with two attached hydrogens (primary N) is 1. The molecule has 27 heavy (non-hydrogen) atoms. The van der Waals surface area contributed by atoms with Gasteiger partial charge in [0.15, 0.2) is 7.85 Å². The molecule has 10 heteroatoms. The lowest BCUT2D eigenvalue weighted by molar-refractivity contribution is 0.0672. The number of anilines is 1. The molecule has 0 saturated carbocycles. The summed E-state index contributed by atoms with van der Waals surface area (Å²) in [4.78, 5) is 27.5. The third kappa shape index (κ3) is 3.29. The predicted octanol–water partition coefficient (Wildman–Crippen LogP) is -0.328. The second-order valence-electron chi connectivity index (χ2n) is 7.07. The summed E-state index contributed by atoms with van der Waals surface area (Å²) in [5, 5.41) is 0. The molecular formula is C17H25BN8O. The lowest BCUT2D eigenvalue weighted by atomic mass is 10.00. The van der Waals surface area contributed by atoms with Crippen LogP contribution in [-0.2, 0) is 4.74 Å². The lowest BCUT2D eigenvalue weighted by Gasteiger charge is -2.35. The van der Waals surface area contributed by atoms with Crippen molar-refractivity contribution in [2.45, 2.75) is 38.4 Å². The first-order valence-corrected chi connectivity index (χ1v) is 9.48. The molecule has 9 nitrogen and oxygen atoms in total. The Morgan fingerprint density at radius 1 is 1.22 bits per heavy atom. The maximum Gasteiger partial charge on any atom is 0.223 e. The van der Waals surface area contributed by atoms with Gasteiger partial charge in [-0.3, -0.25) is 4.99 Å². The standard InChI is InChI=1S/C17H25BN8O/c1-3-10(2)26-14-13(22-15(26)18)12(11-8-20-16(19)21-9-11)23-17(24-14)25-4-6-27-7-5-25/h8-10,12-13H,3-7,18H2,1-2H3,(H2,19,20,21). The van der Waals surface area contributed by atoms with Gasteiger partial charge >= 0.3 is 0 Å². The van der Waals surface area contributed by atoms with Crippen LogP contribution in [0.1, 0.15) is 31.9 Å². The van der Waals surface area contributed by atoms with E-state index < -0.39 is 0 Å². The molecule has 4 rings (SSSR count). The van der Waals surface area contributed by atoms with Crippen LogP contribution in [0.2, 0.25) is 0 Å². The number of morpholine rings is 1. The molecule has 1 fully saturated rings. The van der Waals surface area contributed by atoms with E-state index >= 15 is 0 Å². The molecule has 1 aromatic heterocycles. The minimum absolute atomic E-state index is 0.156. The molecule has 3 aliphatic heterocycles. The fourth-order valence-corrected chi connectivity index (χ4v) is 3.69. The van der Waals surface area contributed by atoms with Crippen LogP contribution >= 0.6 is 0 Å². The van der Waals surface area contributed by atoms with Crippen molar-refractivity contribution >= 4 is 31.3 Å². The number of hydrogen-bond acceptors (Lipinski definition) is 9. The number of guanidine groups is 1. The quantitative estimate of drug-likeness (QED) is 0.733. The van der Waals surface area contributed by atoms with Gasteiger partial charge in [0.05, 0.1) is 18.9 Å². The summed E-state index contributed by atoms with van der Waals surface area (Å²) < 4.78 is 5.48. The summed E-state index contributed by atoms with van der Waals surface area (Å²) in [5.74, 6) is 1.96. The molecule has 0 aliphatic carbocycles. The first-order chi connectivity index (χ1) is 13.1. The molecule has 4 heterocycles. The lowest BCUT2D eigenvalue weighted by Crippen LogP contribution is -2.48. The molecule has 1 aromatic rings. The van der Waals surface area contributed by atoms with E-state index in [-0.39, 0.29) is 18.0 Å². The minimum atomic E-state index is -0.208. The van der Waals surface area contributed by atoms with Crippen molar-refractivity contribution < 1.29 is 4.74 Å². The van der Waals surface area contributed by atoms with E-state index in [1.807, 2.05) is 7.85 Å². The number of nitrogens with zero attached hydrogens (tertiary/aromatic N) is 7. The number of fused-ring (bicyclic) bond motifs is 1. The van der Waals surface area contributed by atoms with Gasteiger partial charge in [0.2, 0.25) is 11.9 Å². The van der Waals surface area contributed by atoms with E-state index in [0.717, 1.165) is 42.6 Å². The molecule has 0 radical (unpaired) electrons. The molecule has 0 amide bonds. The highest BCUT2D eigenvalue weighted by atomic mass is 16.5. The van der Waals surface area contributed by atoms with Crippen LogP contribution < -0.4 is 5.73 Å². The van der Waals surface area contributed by atoms with E-state index in [0.29, 0.717) is 19.3 Å². The van der Waals surface area contributed by atoms with Gasteiger partial charge in [-0.2, -0.15) is 4.99 Å². The van der Waals surface area contributed by atoms with E-state index in [4.69, 9.17) is 25.4 Å². The molecule has 3 unspecified atom stereocenters. The summed E-state index contributed by atoms with van der Waals surface area (Å²) in [7, 11) is 2.04. The Balaban J connectivity index is 1.75. The van der Waals surface area contributed by atoms with Crippen LogP contribution in [0.15, 0.2) is 27.4 Å². The average molecular weight is 368 g/mol. The Morgan fingerprint density at radius 2 is 1.93 bits per heavy atom. The summed E-state index contributed by atoms with van der Waals surface area (Å²) >= 11 is 0. The molecule has 0 spiro atoms. The smallest absolute Gasteiger partial charge is 0.223 e. The van der Waals surface area contributed by atoms with Gasteiger partial charge in [-0.1, -0.05) is 6.92 Å². The van der Waals surface area contributed by atoms with Crippen molar-refractivity contribution in [2.24, 2.45) is 15.0 Å². The molecule has 3 atom stereocenters. The van der Waals surface area contributed by atoms with Crippen LogP contribution in [-0.4, -0.2) is 83.5 Å². The number of nitrogen functional groups attached to an aromatic ring is 1. The SMILES string of the molecule is BC1=NC2C(=NC(N3CCOCC3)=NC2c2cnc(N)nc2)N1C(C)CC. The number of ether oxygens (including phenoxy) is 1. The summed E-state index contributed by atoms with van der Waals surface area (Å²) in [6, 6.07) is -0.0409. The minimum Gasteiger partial charge on any atom is -0.378 e. The zero-order valence-corrected chi connectivity index (χ0v) is 16.0. The van der Waals surface area contributed by atoms with Crippen molar-refractivity contribution in [1.29, 1.82) is 0 Å². The van der Waals surface area contributed by atoms with Gasteiger partial charge < -0.3 is 20.3 Å². The first kappa shape index (κ1) is 17.9. The van der Waals surface area contributed by atoms with Crippen molar-refractivity contribution in [2.75, 3.05) is 32.0 Å². The summed E-state index contributed by atoms with van der Waals surface area (Å²) in [6.07, 6.45) is 4.50. The van der Waals surface area contributed by atoms with Crippen LogP contribution in [0.4, 0.5) is 5.95 Å². The molecule has 2 N–H and O–H groups in total. The third-order valence-electron chi connectivity index (χ3n) is 5.31. The van der Waals surface area contributed by atoms with Gasteiger partial charge in [0.25, 0.3) is 0 Å². The largest absolute Gasteiger partial charge is 0.378 e. The second-order valence-corrected chi connectivity index (χ2v) is 7.07. The zero-order valence-electron chi connectivity index (χ0n) is 16.0. The topological polar surface area (TPSA) is 105 Å². The number of amidine groups is 2. The Labute approximate surface area is 159 Å². The van der Waals surface area contributed by atoms with Gasteiger partial charge in [0, 0.05) is 37.1 Å². The highest BCUT2D eigenvalue weighted by Gasteiger charge is 2.42. The van der Waals surface area contributed by atoms with Crippen molar-refractivity contribution in [3.05, 3.63) is 18.0 Å². The van der Waals surface area contributed by atoms with Gasteiger partial charge in [-0.15, -0.1) is 0 Å².